The minimum absolute atomic E-state index is 0.0711. The van der Waals surface area contributed by atoms with E-state index in [4.69, 9.17) is 9.97 Å². The Bertz CT molecular complexity index is 1410. The van der Waals surface area contributed by atoms with E-state index in [1.807, 2.05) is 72.3 Å². The third-order valence-electron chi connectivity index (χ3n) is 5.81. The predicted octanol–water partition coefficient (Wildman–Crippen LogP) is 3.39. The highest BCUT2D eigenvalue weighted by molar-refractivity contribution is 7.88. The SMILES string of the molecule is Cc1cc(Nc2nc3ccccc3nc2N2CCC(NS(C)(=O)=O)CC2)n(-c2ccccc2)n1. The lowest BCUT2D eigenvalue weighted by Gasteiger charge is -2.33. The molecule has 0 amide bonds. The fourth-order valence-electron chi connectivity index (χ4n) is 4.28. The largest absolute Gasteiger partial charge is 0.353 e. The van der Waals surface area contributed by atoms with Crippen LogP contribution in [0.2, 0.25) is 0 Å². The summed E-state index contributed by atoms with van der Waals surface area (Å²) < 4.78 is 27.9. The number of anilines is 3. The van der Waals surface area contributed by atoms with E-state index in [1.165, 1.54) is 6.26 Å². The molecule has 0 unspecified atom stereocenters. The average molecular weight is 478 g/mol. The van der Waals surface area contributed by atoms with Gasteiger partial charge in [-0.1, -0.05) is 30.3 Å². The van der Waals surface area contributed by atoms with E-state index in [2.05, 4.69) is 20.0 Å². The highest BCUT2D eigenvalue weighted by atomic mass is 32.2. The molecule has 1 saturated heterocycles. The molecule has 10 heteroatoms. The van der Waals surface area contributed by atoms with E-state index >= 15 is 0 Å². The van der Waals surface area contributed by atoms with E-state index in [1.54, 1.807) is 0 Å². The van der Waals surface area contributed by atoms with E-state index in [9.17, 15) is 8.42 Å². The van der Waals surface area contributed by atoms with Crippen molar-refractivity contribution in [3.8, 4) is 5.69 Å². The van der Waals surface area contributed by atoms with Gasteiger partial charge in [0.05, 0.1) is 28.7 Å². The van der Waals surface area contributed by atoms with Crippen LogP contribution in [0.4, 0.5) is 17.5 Å². The van der Waals surface area contributed by atoms with Crippen LogP contribution in [0.3, 0.4) is 0 Å². The summed E-state index contributed by atoms with van der Waals surface area (Å²) in [7, 11) is -3.23. The number of sulfonamides is 1. The van der Waals surface area contributed by atoms with Crippen LogP contribution >= 0.6 is 0 Å². The van der Waals surface area contributed by atoms with Gasteiger partial charge in [0, 0.05) is 25.2 Å². The number of rotatable bonds is 6. The van der Waals surface area contributed by atoms with Gasteiger partial charge in [-0.05, 0) is 44.0 Å². The summed E-state index contributed by atoms with van der Waals surface area (Å²) in [5, 5.41) is 8.13. The van der Waals surface area contributed by atoms with Crippen molar-refractivity contribution >= 4 is 38.5 Å². The third-order valence-corrected chi connectivity index (χ3v) is 6.57. The number of nitrogens with zero attached hydrogens (tertiary/aromatic N) is 5. The highest BCUT2D eigenvalue weighted by Crippen LogP contribution is 2.31. The van der Waals surface area contributed by atoms with Crippen LogP contribution in [0.1, 0.15) is 18.5 Å². The minimum Gasteiger partial charge on any atom is -0.353 e. The number of hydrogen-bond donors (Lipinski definition) is 2. The number of aryl methyl sites for hydroxylation is 1. The molecule has 2 aromatic carbocycles. The molecule has 4 aromatic rings. The van der Waals surface area contributed by atoms with Crippen molar-refractivity contribution in [2.45, 2.75) is 25.8 Å². The first kappa shape index (κ1) is 22.3. The van der Waals surface area contributed by atoms with Crippen molar-refractivity contribution in [3.05, 3.63) is 66.4 Å². The Labute approximate surface area is 198 Å². The Kier molecular flexibility index (Phi) is 5.93. The quantitative estimate of drug-likeness (QED) is 0.439. The Morgan fingerprint density at radius 3 is 2.26 bits per heavy atom. The lowest BCUT2D eigenvalue weighted by Crippen LogP contribution is -2.44. The second-order valence-electron chi connectivity index (χ2n) is 8.58. The summed E-state index contributed by atoms with van der Waals surface area (Å²) in [4.78, 5) is 12.0. The Balaban J connectivity index is 1.49. The van der Waals surface area contributed by atoms with Crippen molar-refractivity contribution in [1.82, 2.24) is 24.5 Å². The molecule has 0 spiro atoms. The van der Waals surface area contributed by atoms with Gasteiger partial charge in [0.1, 0.15) is 5.82 Å². The van der Waals surface area contributed by atoms with Crippen molar-refractivity contribution in [2.24, 2.45) is 0 Å². The maximum Gasteiger partial charge on any atom is 0.208 e. The zero-order chi connectivity index (χ0) is 23.7. The Morgan fingerprint density at radius 1 is 0.941 bits per heavy atom. The molecule has 9 nitrogen and oxygen atoms in total. The molecule has 0 radical (unpaired) electrons. The first-order valence-electron chi connectivity index (χ1n) is 11.2. The fraction of sp³-hybridized carbons (Fsp3) is 0.292. The lowest BCUT2D eigenvalue weighted by atomic mass is 10.1. The molecule has 2 aromatic heterocycles. The molecule has 1 fully saturated rings. The predicted molar refractivity (Wildman–Crippen MR) is 134 cm³/mol. The lowest BCUT2D eigenvalue weighted by molar-refractivity contribution is 0.460. The number of aromatic nitrogens is 4. The van der Waals surface area contributed by atoms with Crippen molar-refractivity contribution in [2.75, 3.05) is 29.6 Å². The van der Waals surface area contributed by atoms with Gasteiger partial charge in [0.25, 0.3) is 0 Å². The van der Waals surface area contributed by atoms with Crippen LogP contribution in [0, 0.1) is 6.92 Å². The first-order chi connectivity index (χ1) is 16.4. The van der Waals surface area contributed by atoms with Crippen molar-refractivity contribution < 1.29 is 8.42 Å². The normalized spacial score (nSPS) is 15.1. The zero-order valence-corrected chi connectivity index (χ0v) is 20.0. The molecule has 3 heterocycles. The van der Waals surface area contributed by atoms with Crippen molar-refractivity contribution in [1.29, 1.82) is 0 Å². The zero-order valence-electron chi connectivity index (χ0n) is 19.1. The maximum absolute atomic E-state index is 11.6. The smallest absolute Gasteiger partial charge is 0.208 e. The second-order valence-corrected chi connectivity index (χ2v) is 10.4. The number of benzene rings is 2. The molecule has 34 heavy (non-hydrogen) atoms. The van der Waals surface area contributed by atoms with E-state index in [0.29, 0.717) is 31.7 Å². The second kappa shape index (κ2) is 9.03. The number of piperidine rings is 1. The molecule has 2 N–H and O–H groups in total. The van der Waals surface area contributed by atoms with E-state index < -0.39 is 10.0 Å². The first-order valence-corrected chi connectivity index (χ1v) is 13.1. The van der Waals surface area contributed by atoms with Gasteiger partial charge in [-0.3, -0.25) is 0 Å². The molecule has 0 saturated carbocycles. The number of hydrogen-bond acceptors (Lipinski definition) is 7. The summed E-state index contributed by atoms with van der Waals surface area (Å²) in [6.07, 6.45) is 2.60. The molecule has 0 bridgehead atoms. The fourth-order valence-corrected chi connectivity index (χ4v) is 5.12. The molecule has 0 aliphatic carbocycles. The van der Waals surface area contributed by atoms with Gasteiger partial charge in [-0.15, -0.1) is 0 Å². The number of para-hydroxylation sites is 3. The maximum atomic E-state index is 11.6. The summed E-state index contributed by atoms with van der Waals surface area (Å²) >= 11 is 0. The third kappa shape index (κ3) is 4.87. The molecular formula is C24H27N7O2S. The van der Waals surface area contributed by atoms with Crippen LogP contribution in [0.5, 0.6) is 0 Å². The Hall–Kier alpha value is -3.50. The monoisotopic (exact) mass is 477 g/mol. The standard InChI is InChI=1S/C24H27N7O2S/c1-17-16-22(31(28-17)19-8-4-3-5-9-19)27-23-24(26-21-11-7-6-10-20(21)25-23)30-14-12-18(13-15-30)29-34(2,32)33/h3-11,16,18,29H,12-15H2,1-2H3,(H,25,27). The van der Waals surface area contributed by atoms with Crippen molar-refractivity contribution in [3.63, 3.8) is 0 Å². The van der Waals surface area contributed by atoms with Crippen LogP contribution in [-0.2, 0) is 10.0 Å². The van der Waals surface area contributed by atoms with Crippen LogP contribution < -0.4 is 14.9 Å². The van der Waals surface area contributed by atoms with Gasteiger partial charge in [0.15, 0.2) is 11.6 Å². The topological polar surface area (TPSA) is 105 Å². The molecule has 1 aliphatic heterocycles. The molecule has 176 valence electrons. The number of fused-ring (bicyclic) bond motifs is 1. The molecular weight excluding hydrogens is 450 g/mol. The summed E-state index contributed by atoms with van der Waals surface area (Å²) in [5.41, 5.74) is 3.44. The van der Waals surface area contributed by atoms with Gasteiger partial charge < -0.3 is 10.2 Å². The Morgan fingerprint density at radius 2 is 1.59 bits per heavy atom. The van der Waals surface area contributed by atoms with Crippen LogP contribution in [0.15, 0.2) is 60.7 Å². The van der Waals surface area contributed by atoms with Gasteiger partial charge in [0.2, 0.25) is 10.0 Å². The minimum atomic E-state index is -3.23. The highest BCUT2D eigenvalue weighted by Gasteiger charge is 2.25. The van der Waals surface area contributed by atoms with E-state index in [0.717, 1.165) is 34.1 Å². The molecule has 0 atom stereocenters. The summed E-state index contributed by atoms with van der Waals surface area (Å²) in [5.74, 6) is 2.18. The van der Waals surface area contributed by atoms with Gasteiger partial charge >= 0.3 is 0 Å². The molecule has 5 rings (SSSR count). The van der Waals surface area contributed by atoms with Crippen LogP contribution in [0.25, 0.3) is 16.7 Å². The van der Waals surface area contributed by atoms with Crippen LogP contribution in [-0.4, -0.2) is 53.6 Å². The number of nitrogens with one attached hydrogen (secondary N) is 2. The summed E-state index contributed by atoms with van der Waals surface area (Å²) in [6.45, 7) is 3.30. The van der Waals surface area contributed by atoms with E-state index in [-0.39, 0.29) is 6.04 Å². The average Bonchev–Trinajstić information content (AvgIpc) is 3.19. The summed E-state index contributed by atoms with van der Waals surface area (Å²) in [6, 6.07) is 19.6. The van der Waals surface area contributed by atoms with Gasteiger partial charge in [-0.2, -0.15) is 5.10 Å². The molecule has 1 aliphatic rings. The van der Waals surface area contributed by atoms with Gasteiger partial charge in [-0.25, -0.2) is 27.8 Å².